The first-order valence-electron chi connectivity index (χ1n) is 11.1. The Hall–Kier alpha value is -3.42. The molecule has 0 aliphatic rings. The number of hydrogen-bond acceptors (Lipinski definition) is 6. The van der Waals surface area contributed by atoms with Crippen molar-refractivity contribution in [1.29, 1.82) is 0 Å². The summed E-state index contributed by atoms with van der Waals surface area (Å²) < 4.78 is 14.1. The number of likely N-dealkylation sites (N-methyl/N-ethyl adjacent to an activating group) is 1. The molecular weight excluding hydrogens is 453 g/mol. The Balaban J connectivity index is 1.68. The van der Waals surface area contributed by atoms with Crippen LogP contribution < -0.4 is 10.6 Å². The summed E-state index contributed by atoms with van der Waals surface area (Å²) in [7, 11) is 4.06. The molecule has 0 fully saturated rings. The molecule has 0 aliphatic carbocycles. The summed E-state index contributed by atoms with van der Waals surface area (Å²) in [4.78, 5) is 11.2. The van der Waals surface area contributed by atoms with E-state index in [-0.39, 0.29) is 5.02 Å². The third-order valence-corrected chi connectivity index (χ3v) is 5.86. The summed E-state index contributed by atoms with van der Waals surface area (Å²) in [5.74, 6) is -0.487. The zero-order valence-corrected chi connectivity index (χ0v) is 20.1. The zero-order chi connectivity index (χ0) is 24.2. The molecular formula is C26H27ClFN5O. The van der Waals surface area contributed by atoms with Crippen LogP contribution in [0.15, 0.2) is 54.9 Å². The van der Waals surface area contributed by atoms with Gasteiger partial charge in [0.05, 0.1) is 28.1 Å². The monoisotopic (exact) mass is 479 g/mol. The summed E-state index contributed by atoms with van der Waals surface area (Å²) >= 11 is 6.00. The van der Waals surface area contributed by atoms with Gasteiger partial charge in [0.2, 0.25) is 0 Å². The fourth-order valence-electron chi connectivity index (χ4n) is 3.69. The molecule has 6 nitrogen and oxygen atoms in total. The second-order valence-corrected chi connectivity index (χ2v) is 8.73. The normalized spacial score (nSPS) is 11.2. The van der Waals surface area contributed by atoms with Gasteiger partial charge in [0.1, 0.15) is 5.82 Å². The van der Waals surface area contributed by atoms with Crippen molar-refractivity contribution >= 4 is 39.7 Å². The Morgan fingerprint density at radius 3 is 2.53 bits per heavy atom. The van der Waals surface area contributed by atoms with Gasteiger partial charge >= 0.3 is 0 Å². The van der Waals surface area contributed by atoms with Crippen molar-refractivity contribution in [2.24, 2.45) is 0 Å². The fraction of sp³-hybridized carbons (Fsp3) is 0.231. The first kappa shape index (κ1) is 23.7. The minimum Gasteiger partial charge on any atom is -0.504 e. The van der Waals surface area contributed by atoms with Gasteiger partial charge < -0.3 is 20.6 Å². The van der Waals surface area contributed by atoms with Crippen LogP contribution in [0, 0.1) is 5.82 Å². The van der Waals surface area contributed by atoms with Gasteiger partial charge in [0.15, 0.2) is 11.6 Å². The molecule has 8 heteroatoms. The van der Waals surface area contributed by atoms with Gasteiger partial charge in [-0.25, -0.2) is 9.37 Å². The number of nitrogens with zero attached hydrogens (tertiary/aromatic N) is 3. The number of aryl methyl sites for hydroxylation is 1. The van der Waals surface area contributed by atoms with Crippen LogP contribution in [0.5, 0.6) is 5.75 Å². The van der Waals surface area contributed by atoms with Crippen LogP contribution in [0.1, 0.15) is 12.5 Å². The van der Waals surface area contributed by atoms with Crippen molar-refractivity contribution < 1.29 is 9.50 Å². The Morgan fingerprint density at radius 1 is 1.03 bits per heavy atom. The number of phenolic OH excluding ortho intramolecular Hbond substituents is 1. The van der Waals surface area contributed by atoms with Crippen LogP contribution in [0.2, 0.25) is 5.02 Å². The lowest BCUT2D eigenvalue weighted by Gasteiger charge is -2.16. The molecule has 0 unspecified atom stereocenters. The van der Waals surface area contributed by atoms with Crippen molar-refractivity contribution in [1.82, 2.24) is 14.9 Å². The molecule has 2 heterocycles. The number of phenols is 1. The molecule has 34 heavy (non-hydrogen) atoms. The lowest BCUT2D eigenvalue weighted by atomic mass is 10.00. The maximum absolute atomic E-state index is 14.1. The van der Waals surface area contributed by atoms with E-state index in [9.17, 15) is 9.50 Å². The average molecular weight is 480 g/mol. The van der Waals surface area contributed by atoms with Crippen molar-refractivity contribution in [3.8, 4) is 16.9 Å². The number of halogens is 2. The topological polar surface area (TPSA) is 73.3 Å². The van der Waals surface area contributed by atoms with Crippen LogP contribution in [-0.2, 0) is 6.42 Å². The molecule has 176 valence electrons. The van der Waals surface area contributed by atoms with Crippen molar-refractivity contribution in [3.63, 3.8) is 0 Å². The van der Waals surface area contributed by atoms with E-state index >= 15 is 0 Å². The molecule has 0 saturated carbocycles. The van der Waals surface area contributed by atoms with Gasteiger partial charge in [-0.05, 0) is 73.6 Å². The quantitative estimate of drug-likeness (QED) is 0.284. The number of aromatic hydroxyl groups is 1. The molecule has 0 atom stereocenters. The third-order valence-electron chi connectivity index (χ3n) is 5.58. The number of benzene rings is 2. The number of anilines is 3. The van der Waals surface area contributed by atoms with E-state index in [1.165, 1.54) is 6.07 Å². The van der Waals surface area contributed by atoms with E-state index in [1.807, 2.05) is 50.6 Å². The zero-order valence-electron chi connectivity index (χ0n) is 19.4. The maximum atomic E-state index is 14.1. The van der Waals surface area contributed by atoms with Crippen LogP contribution in [0.4, 0.5) is 21.6 Å². The predicted molar refractivity (Wildman–Crippen MR) is 138 cm³/mol. The molecule has 0 amide bonds. The molecule has 0 saturated heterocycles. The molecule has 2 aromatic carbocycles. The minimum absolute atomic E-state index is 0.0285. The smallest absolute Gasteiger partial charge is 0.170 e. The predicted octanol–water partition coefficient (Wildman–Crippen LogP) is 6.07. The van der Waals surface area contributed by atoms with E-state index in [1.54, 1.807) is 12.3 Å². The van der Waals surface area contributed by atoms with Gasteiger partial charge in [0, 0.05) is 24.7 Å². The Labute approximate surface area is 203 Å². The summed E-state index contributed by atoms with van der Waals surface area (Å²) in [6.45, 7) is 3.80. The fourth-order valence-corrected chi connectivity index (χ4v) is 3.89. The Kier molecular flexibility index (Phi) is 7.14. The van der Waals surface area contributed by atoms with Crippen molar-refractivity contribution in [3.05, 3.63) is 71.3 Å². The summed E-state index contributed by atoms with van der Waals surface area (Å²) in [6.07, 6.45) is 4.45. The van der Waals surface area contributed by atoms with Crippen molar-refractivity contribution in [2.45, 2.75) is 13.3 Å². The first-order chi connectivity index (χ1) is 16.4. The van der Waals surface area contributed by atoms with Gasteiger partial charge in [0.25, 0.3) is 0 Å². The lowest BCUT2D eigenvalue weighted by molar-refractivity contribution is 0.425. The highest BCUT2D eigenvalue weighted by molar-refractivity contribution is 6.32. The number of hydrogen-bond donors (Lipinski definition) is 3. The van der Waals surface area contributed by atoms with E-state index < -0.39 is 11.6 Å². The summed E-state index contributed by atoms with van der Waals surface area (Å²) in [5, 5.41) is 17.4. The van der Waals surface area contributed by atoms with Crippen LogP contribution in [-0.4, -0.2) is 47.2 Å². The number of nitrogens with one attached hydrogen (secondary N) is 2. The molecule has 0 aliphatic heterocycles. The van der Waals surface area contributed by atoms with Gasteiger partial charge in [-0.3, -0.25) is 4.98 Å². The van der Waals surface area contributed by atoms with Crippen LogP contribution in [0.25, 0.3) is 22.0 Å². The number of aromatic nitrogens is 2. The number of rotatable bonds is 8. The highest BCUT2D eigenvalue weighted by atomic mass is 35.5. The first-order valence-corrected chi connectivity index (χ1v) is 11.4. The Morgan fingerprint density at radius 2 is 1.85 bits per heavy atom. The molecule has 0 radical (unpaired) electrons. The number of pyridine rings is 2. The summed E-state index contributed by atoms with van der Waals surface area (Å²) in [6, 6.07) is 12.5. The van der Waals surface area contributed by atoms with Gasteiger partial charge in [-0.2, -0.15) is 0 Å². The highest BCUT2D eigenvalue weighted by Crippen LogP contribution is 2.36. The second-order valence-electron chi connectivity index (χ2n) is 8.32. The molecule has 4 aromatic rings. The largest absolute Gasteiger partial charge is 0.504 e. The molecule has 2 aromatic heterocycles. The molecule has 4 rings (SSSR count). The Bertz CT molecular complexity index is 1290. The van der Waals surface area contributed by atoms with E-state index in [0.29, 0.717) is 5.56 Å². The third kappa shape index (κ3) is 5.21. The van der Waals surface area contributed by atoms with E-state index in [4.69, 9.17) is 11.6 Å². The molecule has 3 N–H and O–H groups in total. The second kappa shape index (κ2) is 10.2. The molecule has 0 bridgehead atoms. The average Bonchev–Trinajstić information content (AvgIpc) is 2.83. The maximum Gasteiger partial charge on any atom is 0.170 e. The van der Waals surface area contributed by atoms with Crippen LogP contribution >= 0.6 is 11.6 Å². The van der Waals surface area contributed by atoms with Crippen molar-refractivity contribution in [2.75, 3.05) is 37.8 Å². The highest BCUT2D eigenvalue weighted by Gasteiger charge is 2.13. The standard InChI is InChI=1S/C26H27ClFN5O/c1-4-16-14-30-23-7-5-17(18-12-21(27)26(34)22(28)13-18)11-20(23)25(16)32-19-6-8-24(31-15-19)29-9-10-33(2)3/h5-8,11-15,34H,4,9-10H2,1-3H3,(H,29,31)(H,30,32). The van der Waals surface area contributed by atoms with Gasteiger partial charge in [-0.15, -0.1) is 0 Å². The number of fused-ring (bicyclic) bond motifs is 1. The lowest BCUT2D eigenvalue weighted by Crippen LogP contribution is -2.21. The minimum atomic E-state index is -0.758. The summed E-state index contributed by atoms with van der Waals surface area (Å²) in [5.41, 5.74) is 4.98. The van der Waals surface area contributed by atoms with Gasteiger partial charge in [-0.1, -0.05) is 24.6 Å². The molecule has 0 spiro atoms. The van der Waals surface area contributed by atoms with E-state index in [2.05, 4.69) is 32.4 Å². The van der Waals surface area contributed by atoms with Crippen LogP contribution in [0.3, 0.4) is 0 Å². The van der Waals surface area contributed by atoms with E-state index in [0.717, 1.165) is 58.7 Å². The SMILES string of the molecule is CCc1cnc2ccc(-c3cc(F)c(O)c(Cl)c3)cc2c1Nc1ccc(NCCN(C)C)nc1.